The summed E-state index contributed by atoms with van der Waals surface area (Å²) in [6.45, 7) is 6.40. The van der Waals surface area contributed by atoms with Crippen molar-refractivity contribution in [2.75, 3.05) is 6.61 Å². The first kappa shape index (κ1) is 21.4. The average molecular weight is 424 g/mol. The van der Waals surface area contributed by atoms with Gasteiger partial charge >= 0.3 is 5.69 Å². The highest BCUT2D eigenvalue weighted by molar-refractivity contribution is 7.86. The van der Waals surface area contributed by atoms with Gasteiger partial charge in [0.15, 0.2) is 0 Å². The number of aryl methyl sites for hydroxylation is 4. The van der Waals surface area contributed by atoms with Crippen molar-refractivity contribution in [2.24, 2.45) is 0 Å². The van der Waals surface area contributed by atoms with E-state index in [1.807, 2.05) is 6.92 Å². The smallest absolute Gasteiger partial charge is 0.330 e. The summed E-state index contributed by atoms with van der Waals surface area (Å²) in [6, 6.07) is 3.51. The lowest BCUT2D eigenvalue weighted by atomic mass is 10.1. The number of hydrogen-bond donors (Lipinski definition) is 2. The van der Waals surface area contributed by atoms with Gasteiger partial charge in [-0.3, -0.25) is 18.5 Å². The molecular formula is C19H24N2O7S. The second-order valence-corrected chi connectivity index (χ2v) is 8.93. The summed E-state index contributed by atoms with van der Waals surface area (Å²) in [6.07, 6.45) is -1.42. The van der Waals surface area contributed by atoms with Crippen LogP contribution in [0.2, 0.25) is 0 Å². The van der Waals surface area contributed by atoms with Crippen LogP contribution < -0.4 is 11.2 Å². The minimum Gasteiger partial charge on any atom is -0.390 e. The first-order valence-corrected chi connectivity index (χ1v) is 10.5. The zero-order valence-electron chi connectivity index (χ0n) is 16.6. The highest BCUT2D eigenvalue weighted by Gasteiger charge is 2.37. The van der Waals surface area contributed by atoms with Crippen molar-refractivity contribution in [3.63, 3.8) is 0 Å². The zero-order valence-corrected chi connectivity index (χ0v) is 17.4. The predicted octanol–water partition coefficient (Wildman–Crippen LogP) is 0.824. The molecule has 1 fully saturated rings. The molecule has 3 atom stereocenters. The topological polar surface area (TPSA) is 128 Å². The maximum absolute atomic E-state index is 12.7. The molecule has 2 aromatic rings. The highest BCUT2D eigenvalue weighted by Crippen LogP contribution is 2.29. The summed E-state index contributed by atoms with van der Waals surface area (Å²) in [4.78, 5) is 25.8. The van der Waals surface area contributed by atoms with E-state index < -0.39 is 46.4 Å². The normalized spacial score (nSPS) is 22.2. The lowest BCUT2D eigenvalue weighted by Crippen LogP contribution is -2.33. The van der Waals surface area contributed by atoms with Crippen LogP contribution in [-0.4, -0.2) is 41.9 Å². The molecule has 158 valence electrons. The molecule has 2 heterocycles. The van der Waals surface area contributed by atoms with Gasteiger partial charge in [-0.1, -0.05) is 17.7 Å². The number of nitrogens with zero attached hydrogens (tertiary/aromatic N) is 1. The van der Waals surface area contributed by atoms with Crippen LogP contribution >= 0.6 is 0 Å². The fourth-order valence-corrected chi connectivity index (χ4v) is 4.95. The van der Waals surface area contributed by atoms with E-state index in [4.69, 9.17) is 8.92 Å². The molecule has 1 aliphatic heterocycles. The molecule has 1 aromatic carbocycles. The van der Waals surface area contributed by atoms with Crippen LogP contribution in [0.1, 0.15) is 34.9 Å². The lowest BCUT2D eigenvalue weighted by Gasteiger charge is -2.17. The molecule has 0 spiro atoms. The van der Waals surface area contributed by atoms with E-state index in [9.17, 15) is 23.1 Å². The van der Waals surface area contributed by atoms with Gasteiger partial charge in [0.05, 0.1) is 17.6 Å². The number of nitrogens with one attached hydrogen (secondary N) is 1. The molecule has 1 aliphatic rings. The molecule has 1 unspecified atom stereocenters. The van der Waals surface area contributed by atoms with Gasteiger partial charge < -0.3 is 9.84 Å². The summed E-state index contributed by atoms with van der Waals surface area (Å²) >= 11 is 0. The Hall–Kier alpha value is -2.27. The Labute approximate surface area is 168 Å². The number of ether oxygens (including phenoxy) is 1. The van der Waals surface area contributed by atoms with Crippen LogP contribution in [0.4, 0.5) is 0 Å². The maximum atomic E-state index is 12.7. The van der Waals surface area contributed by atoms with E-state index in [1.54, 1.807) is 32.9 Å². The predicted molar refractivity (Wildman–Crippen MR) is 104 cm³/mol. The monoisotopic (exact) mass is 424 g/mol. The Morgan fingerprint density at radius 3 is 2.41 bits per heavy atom. The molecule has 1 saturated heterocycles. The van der Waals surface area contributed by atoms with Crippen LogP contribution in [0.25, 0.3) is 0 Å². The quantitative estimate of drug-likeness (QED) is 0.680. The van der Waals surface area contributed by atoms with Gasteiger partial charge in [0, 0.05) is 18.2 Å². The molecule has 0 saturated carbocycles. The highest BCUT2D eigenvalue weighted by atomic mass is 32.2. The number of aromatic amines is 1. The minimum absolute atomic E-state index is 0.0576. The molecule has 10 heteroatoms. The van der Waals surface area contributed by atoms with Gasteiger partial charge in [-0.2, -0.15) is 8.42 Å². The van der Waals surface area contributed by atoms with E-state index in [0.717, 1.165) is 5.56 Å². The average Bonchev–Trinajstić information content (AvgIpc) is 2.96. The summed E-state index contributed by atoms with van der Waals surface area (Å²) in [5.41, 5.74) is 1.23. The standard InChI is InChI=1S/C19H24N2O7S/c1-10-5-11(2)17(12(3)6-10)29(25,26)27-9-15-14(22)7-16(28-15)21-8-13(4)18(23)20-19(21)24/h5-6,8,14-16,22H,7,9H2,1-4H3,(H,20,23,24)/t14?,15-,16-/m1/s1. The Morgan fingerprint density at radius 1 is 1.17 bits per heavy atom. The number of aliphatic hydroxyl groups excluding tert-OH is 1. The summed E-state index contributed by atoms with van der Waals surface area (Å²) in [7, 11) is -4.06. The Bertz CT molecular complexity index is 1130. The van der Waals surface area contributed by atoms with Crippen molar-refractivity contribution in [3.8, 4) is 0 Å². The van der Waals surface area contributed by atoms with Gasteiger partial charge in [-0.25, -0.2) is 4.79 Å². The molecular weight excluding hydrogens is 400 g/mol. The van der Waals surface area contributed by atoms with Crippen molar-refractivity contribution in [1.29, 1.82) is 0 Å². The van der Waals surface area contributed by atoms with Crippen molar-refractivity contribution in [3.05, 3.63) is 61.4 Å². The first-order valence-electron chi connectivity index (χ1n) is 9.12. The van der Waals surface area contributed by atoms with Gasteiger partial charge in [0.1, 0.15) is 12.3 Å². The van der Waals surface area contributed by atoms with Gasteiger partial charge in [0.2, 0.25) is 0 Å². The van der Waals surface area contributed by atoms with Crippen molar-refractivity contribution in [1.82, 2.24) is 9.55 Å². The van der Waals surface area contributed by atoms with Crippen molar-refractivity contribution < 1.29 is 22.4 Å². The van der Waals surface area contributed by atoms with Crippen LogP contribution in [0.3, 0.4) is 0 Å². The second-order valence-electron chi connectivity index (χ2n) is 7.38. The molecule has 2 N–H and O–H groups in total. The van der Waals surface area contributed by atoms with Gasteiger partial charge in [-0.15, -0.1) is 0 Å². The number of aromatic nitrogens is 2. The van der Waals surface area contributed by atoms with Crippen LogP contribution in [0.15, 0.2) is 32.8 Å². The largest absolute Gasteiger partial charge is 0.390 e. The Kier molecular flexibility index (Phi) is 5.81. The second kappa shape index (κ2) is 7.86. The molecule has 0 aliphatic carbocycles. The molecule has 1 aromatic heterocycles. The van der Waals surface area contributed by atoms with Crippen molar-refractivity contribution >= 4 is 10.1 Å². The number of rotatable bonds is 5. The number of hydrogen-bond acceptors (Lipinski definition) is 7. The Balaban J connectivity index is 1.76. The molecule has 0 radical (unpaired) electrons. The molecule has 3 rings (SSSR count). The summed E-state index contributed by atoms with van der Waals surface area (Å²) in [5.74, 6) is 0. The van der Waals surface area contributed by atoms with E-state index in [1.165, 1.54) is 10.8 Å². The number of aliphatic hydroxyl groups is 1. The number of benzene rings is 1. The third-order valence-corrected chi connectivity index (χ3v) is 6.49. The maximum Gasteiger partial charge on any atom is 0.330 e. The first-order chi connectivity index (χ1) is 13.5. The summed E-state index contributed by atoms with van der Waals surface area (Å²) < 4.78 is 37.4. The molecule has 0 bridgehead atoms. The van der Waals surface area contributed by atoms with Crippen LogP contribution in [-0.2, 0) is 19.0 Å². The van der Waals surface area contributed by atoms with Crippen LogP contribution in [0, 0.1) is 27.7 Å². The van der Waals surface area contributed by atoms with E-state index in [0.29, 0.717) is 16.7 Å². The fraction of sp³-hybridized carbons (Fsp3) is 0.474. The fourth-order valence-electron chi connectivity index (χ4n) is 3.61. The summed E-state index contributed by atoms with van der Waals surface area (Å²) in [5, 5.41) is 10.3. The Morgan fingerprint density at radius 2 is 1.79 bits per heavy atom. The van der Waals surface area contributed by atoms with Gasteiger partial charge in [0.25, 0.3) is 15.7 Å². The minimum atomic E-state index is -4.06. The molecule has 9 nitrogen and oxygen atoms in total. The molecule has 29 heavy (non-hydrogen) atoms. The van der Waals surface area contributed by atoms with Gasteiger partial charge in [-0.05, 0) is 38.8 Å². The van der Waals surface area contributed by atoms with Crippen molar-refractivity contribution in [2.45, 2.75) is 57.4 Å². The van der Waals surface area contributed by atoms with E-state index >= 15 is 0 Å². The zero-order chi connectivity index (χ0) is 21.5. The lowest BCUT2D eigenvalue weighted by molar-refractivity contribution is -0.0400. The number of H-pyrrole nitrogens is 1. The van der Waals surface area contributed by atoms with E-state index in [-0.39, 0.29) is 11.3 Å². The third kappa shape index (κ3) is 4.35. The van der Waals surface area contributed by atoms with E-state index in [2.05, 4.69) is 4.98 Å². The third-order valence-electron chi connectivity index (χ3n) is 4.90. The SMILES string of the molecule is Cc1cc(C)c(S(=O)(=O)OC[C@H]2O[C@@H](n3cc(C)c(=O)[nH]c3=O)CC2O)c(C)c1. The molecule has 0 amide bonds. The van der Waals surface area contributed by atoms with Crippen LogP contribution in [0.5, 0.6) is 0 Å².